The Balaban J connectivity index is 2.06. The van der Waals surface area contributed by atoms with Crippen molar-refractivity contribution in [2.75, 3.05) is 13.6 Å². The molecule has 2 aromatic rings. The zero-order valence-electron chi connectivity index (χ0n) is 9.88. The Labute approximate surface area is 96.2 Å². The Kier molecular flexibility index (Phi) is 3.59. The molecule has 0 aliphatic carbocycles. The molecule has 1 aromatic carbocycles. The van der Waals surface area contributed by atoms with Gasteiger partial charge < -0.3 is 15.6 Å². The van der Waals surface area contributed by atoms with Crippen LogP contribution in [0.5, 0.6) is 0 Å². The van der Waals surface area contributed by atoms with Crippen LogP contribution in [0.15, 0.2) is 30.5 Å². The number of benzene rings is 1. The summed E-state index contributed by atoms with van der Waals surface area (Å²) >= 11 is 0. The van der Waals surface area contributed by atoms with Crippen molar-refractivity contribution in [2.24, 2.45) is 0 Å². The highest BCUT2D eigenvalue weighted by molar-refractivity contribution is 5.82. The van der Waals surface area contributed by atoms with Crippen molar-refractivity contribution in [2.45, 2.75) is 19.5 Å². The lowest BCUT2D eigenvalue weighted by atomic mass is 10.1. The molecule has 0 amide bonds. The number of aromatic amines is 1. The van der Waals surface area contributed by atoms with Gasteiger partial charge in [0.05, 0.1) is 0 Å². The standard InChI is InChI=1S/C13H19N3/c1-10(8-14-2)16-9-11-4-3-5-13-12(11)6-7-15-13/h3-7,10,14-16H,8-9H2,1-2H3. The van der Waals surface area contributed by atoms with Gasteiger partial charge >= 0.3 is 0 Å². The summed E-state index contributed by atoms with van der Waals surface area (Å²) in [6.07, 6.45) is 1.99. The van der Waals surface area contributed by atoms with Gasteiger partial charge in [-0.3, -0.25) is 0 Å². The van der Waals surface area contributed by atoms with Crippen LogP contribution >= 0.6 is 0 Å². The molecule has 16 heavy (non-hydrogen) atoms. The third-order valence-electron chi connectivity index (χ3n) is 2.84. The van der Waals surface area contributed by atoms with Crippen molar-refractivity contribution < 1.29 is 0 Å². The van der Waals surface area contributed by atoms with Crippen LogP contribution in [0, 0.1) is 0 Å². The van der Waals surface area contributed by atoms with Gasteiger partial charge in [-0.05, 0) is 31.7 Å². The van der Waals surface area contributed by atoms with E-state index >= 15 is 0 Å². The molecule has 0 radical (unpaired) electrons. The summed E-state index contributed by atoms with van der Waals surface area (Å²) in [6.45, 7) is 4.09. The van der Waals surface area contributed by atoms with Gasteiger partial charge in [-0.2, -0.15) is 0 Å². The molecule has 1 atom stereocenters. The largest absolute Gasteiger partial charge is 0.361 e. The Hall–Kier alpha value is -1.32. The first-order chi connectivity index (χ1) is 7.81. The molecule has 0 bridgehead atoms. The van der Waals surface area contributed by atoms with Crippen LogP contribution in [0.3, 0.4) is 0 Å². The quantitative estimate of drug-likeness (QED) is 0.715. The van der Waals surface area contributed by atoms with E-state index in [0.717, 1.165) is 13.1 Å². The number of hydrogen-bond donors (Lipinski definition) is 3. The van der Waals surface area contributed by atoms with Gasteiger partial charge in [0.2, 0.25) is 0 Å². The number of aromatic nitrogens is 1. The molecule has 86 valence electrons. The van der Waals surface area contributed by atoms with E-state index in [9.17, 15) is 0 Å². The molecule has 3 heteroatoms. The zero-order chi connectivity index (χ0) is 11.4. The van der Waals surface area contributed by atoms with Gasteiger partial charge in [-0.25, -0.2) is 0 Å². The topological polar surface area (TPSA) is 39.8 Å². The SMILES string of the molecule is CNCC(C)NCc1cccc2[nH]ccc12. The predicted molar refractivity (Wildman–Crippen MR) is 68.5 cm³/mol. The van der Waals surface area contributed by atoms with Crippen molar-refractivity contribution in [3.63, 3.8) is 0 Å². The highest BCUT2D eigenvalue weighted by Crippen LogP contribution is 2.16. The van der Waals surface area contributed by atoms with Crippen LogP contribution in [0.2, 0.25) is 0 Å². The molecule has 1 aromatic heterocycles. The number of likely N-dealkylation sites (N-methyl/N-ethyl adjacent to an activating group) is 1. The Morgan fingerprint density at radius 2 is 2.19 bits per heavy atom. The molecular weight excluding hydrogens is 198 g/mol. The molecule has 0 fully saturated rings. The molecule has 0 aliphatic rings. The van der Waals surface area contributed by atoms with Gasteiger partial charge in [-0.1, -0.05) is 12.1 Å². The Bertz CT molecular complexity index is 447. The maximum Gasteiger partial charge on any atom is 0.0457 e. The lowest BCUT2D eigenvalue weighted by Crippen LogP contribution is -2.34. The highest BCUT2D eigenvalue weighted by atomic mass is 15.0. The fourth-order valence-corrected chi connectivity index (χ4v) is 1.97. The first-order valence-corrected chi connectivity index (χ1v) is 5.74. The van der Waals surface area contributed by atoms with E-state index < -0.39 is 0 Å². The molecule has 3 nitrogen and oxygen atoms in total. The van der Waals surface area contributed by atoms with E-state index in [4.69, 9.17) is 0 Å². The molecular formula is C13H19N3. The van der Waals surface area contributed by atoms with E-state index in [-0.39, 0.29) is 0 Å². The van der Waals surface area contributed by atoms with Crippen molar-refractivity contribution in [3.05, 3.63) is 36.0 Å². The van der Waals surface area contributed by atoms with Gasteiger partial charge in [0.15, 0.2) is 0 Å². The number of hydrogen-bond acceptors (Lipinski definition) is 2. The second-order valence-corrected chi connectivity index (χ2v) is 4.20. The average Bonchev–Trinajstić information content (AvgIpc) is 2.75. The third kappa shape index (κ3) is 2.43. The van der Waals surface area contributed by atoms with Gasteiger partial charge in [0.25, 0.3) is 0 Å². The number of H-pyrrole nitrogens is 1. The first kappa shape index (κ1) is 11.2. The van der Waals surface area contributed by atoms with E-state index in [1.165, 1.54) is 16.5 Å². The number of rotatable bonds is 5. The average molecular weight is 217 g/mol. The fraction of sp³-hybridized carbons (Fsp3) is 0.385. The lowest BCUT2D eigenvalue weighted by Gasteiger charge is -2.13. The summed E-state index contributed by atoms with van der Waals surface area (Å²) in [6, 6.07) is 9.00. The summed E-state index contributed by atoms with van der Waals surface area (Å²) in [7, 11) is 1.98. The molecule has 0 aliphatic heterocycles. The maximum absolute atomic E-state index is 3.51. The van der Waals surface area contributed by atoms with Crippen LogP contribution in [-0.2, 0) is 6.54 Å². The summed E-state index contributed by atoms with van der Waals surface area (Å²) in [5, 5.41) is 7.98. The highest BCUT2D eigenvalue weighted by Gasteiger charge is 2.03. The minimum Gasteiger partial charge on any atom is -0.361 e. The molecule has 1 heterocycles. The monoisotopic (exact) mass is 217 g/mol. The van der Waals surface area contributed by atoms with E-state index in [1.807, 2.05) is 13.2 Å². The smallest absolute Gasteiger partial charge is 0.0457 e. The summed E-state index contributed by atoms with van der Waals surface area (Å²) < 4.78 is 0. The van der Waals surface area contributed by atoms with E-state index in [2.05, 4.69) is 46.8 Å². The van der Waals surface area contributed by atoms with Crippen LogP contribution in [0.4, 0.5) is 0 Å². The maximum atomic E-state index is 3.51. The minimum atomic E-state index is 0.485. The molecule has 3 N–H and O–H groups in total. The second kappa shape index (κ2) is 5.14. The van der Waals surface area contributed by atoms with Crippen LogP contribution in [-0.4, -0.2) is 24.6 Å². The minimum absolute atomic E-state index is 0.485. The molecule has 2 rings (SSSR count). The summed E-state index contributed by atoms with van der Waals surface area (Å²) in [5.74, 6) is 0. The Morgan fingerprint density at radius 3 is 3.00 bits per heavy atom. The first-order valence-electron chi connectivity index (χ1n) is 5.74. The number of nitrogens with one attached hydrogen (secondary N) is 3. The van der Waals surface area contributed by atoms with Crippen molar-refractivity contribution in [1.82, 2.24) is 15.6 Å². The fourth-order valence-electron chi connectivity index (χ4n) is 1.97. The summed E-state index contributed by atoms with van der Waals surface area (Å²) in [5.41, 5.74) is 2.56. The van der Waals surface area contributed by atoms with Crippen molar-refractivity contribution in [3.8, 4) is 0 Å². The lowest BCUT2D eigenvalue weighted by molar-refractivity contribution is 0.524. The van der Waals surface area contributed by atoms with E-state index in [1.54, 1.807) is 0 Å². The molecule has 0 saturated heterocycles. The van der Waals surface area contributed by atoms with Crippen LogP contribution in [0.1, 0.15) is 12.5 Å². The number of fused-ring (bicyclic) bond motifs is 1. The van der Waals surface area contributed by atoms with Crippen molar-refractivity contribution in [1.29, 1.82) is 0 Å². The van der Waals surface area contributed by atoms with Gasteiger partial charge in [-0.15, -0.1) is 0 Å². The normalized spacial score (nSPS) is 13.1. The predicted octanol–water partition coefficient (Wildman–Crippen LogP) is 1.87. The van der Waals surface area contributed by atoms with Crippen LogP contribution < -0.4 is 10.6 Å². The zero-order valence-corrected chi connectivity index (χ0v) is 9.88. The van der Waals surface area contributed by atoms with Crippen LogP contribution in [0.25, 0.3) is 10.9 Å². The van der Waals surface area contributed by atoms with Gasteiger partial charge in [0.1, 0.15) is 0 Å². The Morgan fingerprint density at radius 1 is 1.31 bits per heavy atom. The van der Waals surface area contributed by atoms with Crippen molar-refractivity contribution >= 4 is 10.9 Å². The molecule has 0 saturated carbocycles. The van der Waals surface area contributed by atoms with Gasteiger partial charge in [0, 0.05) is 36.2 Å². The third-order valence-corrected chi connectivity index (χ3v) is 2.84. The summed E-state index contributed by atoms with van der Waals surface area (Å²) in [4.78, 5) is 3.23. The van der Waals surface area contributed by atoms with E-state index in [0.29, 0.717) is 6.04 Å². The molecule has 1 unspecified atom stereocenters. The molecule has 0 spiro atoms. The second-order valence-electron chi connectivity index (χ2n) is 4.20.